The van der Waals surface area contributed by atoms with Gasteiger partial charge in [0.15, 0.2) is 0 Å². The number of hydrogen-bond donors (Lipinski definition) is 1. The van der Waals surface area contributed by atoms with Gasteiger partial charge in [-0.2, -0.15) is 13.9 Å². The van der Waals surface area contributed by atoms with Crippen LogP contribution in [0.3, 0.4) is 0 Å². The predicted octanol–water partition coefficient (Wildman–Crippen LogP) is 4.25. The van der Waals surface area contributed by atoms with Gasteiger partial charge in [-0.3, -0.25) is 4.79 Å². The number of carbonyl (C=O) groups is 2. The Morgan fingerprint density at radius 1 is 1.06 bits per heavy atom. The summed E-state index contributed by atoms with van der Waals surface area (Å²) in [5.74, 6) is -0.126. The molecule has 4 rings (SSSR count). The van der Waals surface area contributed by atoms with Crippen LogP contribution in [0, 0.1) is 0 Å². The Morgan fingerprint density at radius 3 is 2.47 bits per heavy atom. The van der Waals surface area contributed by atoms with E-state index in [1.165, 1.54) is 44.5 Å². The van der Waals surface area contributed by atoms with Crippen molar-refractivity contribution in [1.82, 2.24) is 10.3 Å². The van der Waals surface area contributed by atoms with Crippen LogP contribution >= 0.6 is 0 Å². The number of urea groups is 1. The summed E-state index contributed by atoms with van der Waals surface area (Å²) >= 11 is 0. The van der Waals surface area contributed by atoms with Gasteiger partial charge in [0.2, 0.25) is 0 Å². The predicted molar refractivity (Wildman–Crippen MR) is 114 cm³/mol. The van der Waals surface area contributed by atoms with E-state index in [4.69, 9.17) is 4.74 Å². The first kappa shape index (κ1) is 21.2. The zero-order chi connectivity index (χ0) is 22.9. The number of rotatable bonds is 6. The lowest BCUT2D eigenvalue weighted by molar-refractivity contribution is -0.131. The third kappa shape index (κ3) is 3.73. The Hall–Kier alpha value is -4.01. The van der Waals surface area contributed by atoms with Crippen molar-refractivity contribution in [2.24, 2.45) is 5.10 Å². The van der Waals surface area contributed by atoms with Gasteiger partial charge in [-0.1, -0.05) is 42.5 Å². The zero-order valence-electron chi connectivity index (χ0n) is 17.2. The van der Waals surface area contributed by atoms with Crippen molar-refractivity contribution in [1.29, 1.82) is 0 Å². The molecule has 0 aliphatic carbocycles. The topological polar surface area (TPSA) is 80.2 Å². The number of ether oxygens (including phenoxy) is 2. The fourth-order valence-electron chi connectivity index (χ4n) is 3.60. The first-order valence-electron chi connectivity index (χ1n) is 9.65. The van der Waals surface area contributed by atoms with Crippen molar-refractivity contribution in [2.75, 3.05) is 7.11 Å². The van der Waals surface area contributed by atoms with Crippen molar-refractivity contribution in [3.8, 4) is 11.5 Å². The number of methoxy groups -OCH3 is 1. The van der Waals surface area contributed by atoms with Crippen LogP contribution in [-0.2, 0) is 10.3 Å². The van der Waals surface area contributed by atoms with E-state index in [2.05, 4.69) is 15.2 Å². The lowest BCUT2D eigenvalue weighted by atomic mass is 9.92. The smallest absolute Gasteiger partial charge is 0.387 e. The highest BCUT2D eigenvalue weighted by atomic mass is 19.3. The van der Waals surface area contributed by atoms with Crippen LogP contribution in [0.15, 0.2) is 65.8 Å². The number of hydrazone groups is 1. The van der Waals surface area contributed by atoms with Gasteiger partial charge in [-0.05, 0) is 41.5 Å². The van der Waals surface area contributed by atoms with Crippen LogP contribution in [-0.4, -0.2) is 36.9 Å². The Morgan fingerprint density at radius 2 is 1.78 bits per heavy atom. The van der Waals surface area contributed by atoms with Gasteiger partial charge in [0.25, 0.3) is 5.91 Å². The van der Waals surface area contributed by atoms with Crippen molar-refractivity contribution >= 4 is 28.9 Å². The summed E-state index contributed by atoms with van der Waals surface area (Å²) in [5, 5.41) is 9.28. The van der Waals surface area contributed by atoms with E-state index in [9.17, 15) is 18.4 Å². The molecule has 1 unspecified atom stereocenters. The fraction of sp³-hybridized carbons (Fsp3) is 0.174. The van der Waals surface area contributed by atoms with Gasteiger partial charge in [0.1, 0.15) is 17.0 Å². The molecule has 0 radical (unpaired) electrons. The molecule has 3 amide bonds. The van der Waals surface area contributed by atoms with Crippen molar-refractivity contribution in [3.63, 3.8) is 0 Å². The number of fused-ring (bicyclic) bond motifs is 1. The summed E-state index contributed by atoms with van der Waals surface area (Å²) in [6, 6.07) is 16.0. The maximum Gasteiger partial charge on any atom is 0.387 e. The molecule has 1 atom stereocenters. The number of nitrogens with one attached hydrogen (secondary N) is 1. The van der Waals surface area contributed by atoms with E-state index >= 15 is 0 Å². The second-order valence-corrected chi connectivity index (χ2v) is 7.22. The van der Waals surface area contributed by atoms with Gasteiger partial charge in [0, 0.05) is 5.56 Å². The lowest BCUT2D eigenvalue weighted by Crippen LogP contribution is -2.40. The molecule has 1 fully saturated rings. The highest BCUT2D eigenvalue weighted by Gasteiger charge is 2.49. The summed E-state index contributed by atoms with van der Waals surface area (Å²) in [7, 11) is 1.52. The number of nitrogens with zero attached hydrogens (tertiary/aromatic N) is 2. The second kappa shape index (κ2) is 8.26. The van der Waals surface area contributed by atoms with Crippen LogP contribution in [0.4, 0.5) is 13.6 Å². The molecule has 164 valence electrons. The van der Waals surface area contributed by atoms with Crippen LogP contribution in [0.2, 0.25) is 0 Å². The molecule has 0 spiro atoms. The number of halogens is 2. The summed E-state index contributed by atoms with van der Waals surface area (Å²) in [6.45, 7) is -1.44. The van der Waals surface area contributed by atoms with Gasteiger partial charge in [-0.15, -0.1) is 5.01 Å². The number of alkyl halides is 2. The highest BCUT2D eigenvalue weighted by Crippen LogP contribution is 2.31. The molecular formula is C23H19F2N3O4. The average Bonchev–Trinajstić information content (AvgIpc) is 3.00. The average molecular weight is 439 g/mol. The van der Waals surface area contributed by atoms with Gasteiger partial charge < -0.3 is 14.8 Å². The molecule has 1 saturated heterocycles. The summed E-state index contributed by atoms with van der Waals surface area (Å²) in [5.41, 5.74) is -0.396. The fourth-order valence-corrected chi connectivity index (χ4v) is 3.60. The molecule has 1 N–H and O–H groups in total. The molecule has 3 aromatic rings. The molecule has 1 aliphatic rings. The van der Waals surface area contributed by atoms with Crippen LogP contribution in [0.25, 0.3) is 10.8 Å². The monoisotopic (exact) mass is 439 g/mol. The number of benzene rings is 3. The van der Waals surface area contributed by atoms with Gasteiger partial charge >= 0.3 is 12.6 Å². The molecule has 0 bridgehead atoms. The van der Waals surface area contributed by atoms with Gasteiger partial charge in [0.05, 0.1) is 13.3 Å². The third-order valence-corrected chi connectivity index (χ3v) is 5.28. The minimum absolute atomic E-state index is 0.0537. The van der Waals surface area contributed by atoms with Crippen LogP contribution < -0.4 is 14.8 Å². The van der Waals surface area contributed by atoms with Crippen molar-refractivity contribution in [2.45, 2.75) is 19.1 Å². The molecule has 0 aromatic heterocycles. The maximum absolute atomic E-state index is 13.1. The number of carbonyl (C=O) groups excluding carboxylic acids is 2. The highest BCUT2D eigenvalue weighted by molar-refractivity contribution is 6.09. The molecule has 7 nitrogen and oxygen atoms in total. The Kier molecular flexibility index (Phi) is 5.48. The first-order chi connectivity index (χ1) is 15.3. The van der Waals surface area contributed by atoms with E-state index in [1.54, 1.807) is 6.07 Å². The quantitative estimate of drug-likeness (QED) is 0.460. The standard InChI is InChI=1S/C23H19F2N3O4/c1-23(15-8-10-16(11-9-15)32-21(24)25)20(29)28(22(30)27-23)26-13-18-17-6-4-3-5-14(17)7-12-19(18)31-2/h3-13,21H,1-2H3,(H,27,30). The molecule has 0 saturated carbocycles. The largest absolute Gasteiger partial charge is 0.496 e. The van der Waals surface area contributed by atoms with E-state index in [0.29, 0.717) is 16.9 Å². The Bertz CT molecular complexity index is 1210. The number of hydrogen-bond acceptors (Lipinski definition) is 5. The second-order valence-electron chi connectivity index (χ2n) is 7.22. The SMILES string of the molecule is COc1ccc2ccccc2c1C=NN1C(=O)NC(C)(c2ccc(OC(F)F)cc2)C1=O. The normalized spacial score (nSPS) is 18.6. The first-order valence-corrected chi connectivity index (χ1v) is 9.65. The molecular weight excluding hydrogens is 420 g/mol. The minimum atomic E-state index is -2.96. The maximum atomic E-state index is 13.1. The Balaban J connectivity index is 1.64. The molecule has 32 heavy (non-hydrogen) atoms. The van der Waals surface area contributed by atoms with E-state index in [-0.39, 0.29) is 5.75 Å². The summed E-state index contributed by atoms with van der Waals surface area (Å²) in [6.07, 6.45) is 1.41. The molecule has 9 heteroatoms. The summed E-state index contributed by atoms with van der Waals surface area (Å²) < 4.78 is 34.5. The zero-order valence-corrected chi connectivity index (χ0v) is 17.2. The molecule has 1 aliphatic heterocycles. The summed E-state index contributed by atoms with van der Waals surface area (Å²) in [4.78, 5) is 25.6. The van der Waals surface area contributed by atoms with E-state index < -0.39 is 24.1 Å². The lowest BCUT2D eigenvalue weighted by Gasteiger charge is -2.21. The third-order valence-electron chi connectivity index (χ3n) is 5.28. The minimum Gasteiger partial charge on any atom is -0.496 e. The van der Waals surface area contributed by atoms with E-state index in [0.717, 1.165) is 15.8 Å². The number of imide groups is 1. The van der Waals surface area contributed by atoms with Crippen molar-refractivity contribution < 1.29 is 27.8 Å². The molecule has 1 heterocycles. The molecule has 3 aromatic carbocycles. The Labute approximate surface area is 182 Å². The van der Waals surface area contributed by atoms with E-state index in [1.807, 2.05) is 30.3 Å². The van der Waals surface area contributed by atoms with Crippen LogP contribution in [0.5, 0.6) is 11.5 Å². The number of amides is 3. The van der Waals surface area contributed by atoms with Crippen molar-refractivity contribution in [3.05, 3.63) is 71.8 Å². The van der Waals surface area contributed by atoms with Gasteiger partial charge in [-0.25, -0.2) is 4.79 Å². The van der Waals surface area contributed by atoms with Crippen LogP contribution in [0.1, 0.15) is 18.1 Å².